The molecule has 1 atom stereocenters. The molecule has 0 aromatic heterocycles. The third-order valence-electron chi connectivity index (χ3n) is 2.76. The number of esters is 1. The van der Waals surface area contributed by atoms with E-state index < -0.39 is 0 Å². The Hall–Kier alpha value is -0.650. The minimum Gasteiger partial charge on any atom is -0.468 e. The van der Waals surface area contributed by atoms with Crippen LogP contribution in [0.1, 0.15) is 12.8 Å². The Morgan fingerprint density at radius 2 is 2.25 bits per heavy atom. The summed E-state index contributed by atoms with van der Waals surface area (Å²) in [4.78, 5) is 13.6. The molecule has 0 radical (unpaired) electrons. The average Bonchev–Trinajstić information content (AvgIpc) is 2.34. The van der Waals surface area contributed by atoms with Crippen molar-refractivity contribution in [3.8, 4) is 0 Å². The van der Waals surface area contributed by atoms with E-state index in [4.69, 9.17) is 14.2 Å². The topological polar surface area (TPSA) is 48.0 Å². The second-order valence-electron chi connectivity index (χ2n) is 3.85. The van der Waals surface area contributed by atoms with Crippen LogP contribution in [0.25, 0.3) is 0 Å². The van der Waals surface area contributed by atoms with Gasteiger partial charge in [0.2, 0.25) is 0 Å². The molecule has 1 saturated heterocycles. The number of rotatable bonds is 6. The van der Waals surface area contributed by atoms with Crippen molar-refractivity contribution < 1.29 is 19.0 Å². The Morgan fingerprint density at radius 3 is 2.94 bits per heavy atom. The number of hydrogen-bond acceptors (Lipinski definition) is 5. The highest BCUT2D eigenvalue weighted by Crippen LogP contribution is 2.09. The van der Waals surface area contributed by atoms with Crippen molar-refractivity contribution >= 4 is 5.97 Å². The summed E-state index contributed by atoms with van der Waals surface area (Å²) in [6, 6.07) is -0.235. The molecule has 94 valence electrons. The smallest absolute Gasteiger partial charge is 0.325 e. The van der Waals surface area contributed by atoms with Gasteiger partial charge < -0.3 is 14.2 Å². The normalized spacial score (nSPS) is 22.0. The van der Waals surface area contributed by atoms with Gasteiger partial charge in [-0.1, -0.05) is 0 Å². The number of nitrogens with zero attached hydrogens (tertiary/aromatic N) is 1. The number of morpholine rings is 1. The summed E-state index contributed by atoms with van der Waals surface area (Å²) in [6.45, 7) is 3.60. The highest BCUT2D eigenvalue weighted by Gasteiger charge is 2.29. The van der Waals surface area contributed by atoms with Gasteiger partial charge in [0, 0.05) is 20.3 Å². The molecule has 0 bridgehead atoms. The molecule has 0 aliphatic carbocycles. The SMILES string of the molecule is COCCCCN1CCOCC1C(=O)OC. The monoisotopic (exact) mass is 231 g/mol. The lowest BCUT2D eigenvalue weighted by Crippen LogP contribution is -2.50. The summed E-state index contributed by atoms with van der Waals surface area (Å²) in [7, 11) is 3.12. The maximum atomic E-state index is 11.5. The first-order valence-corrected chi connectivity index (χ1v) is 5.68. The summed E-state index contributed by atoms with van der Waals surface area (Å²) >= 11 is 0. The quantitative estimate of drug-likeness (QED) is 0.485. The standard InChI is InChI=1S/C11H21NO4/c1-14-7-4-3-5-12-6-8-16-9-10(12)11(13)15-2/h10H,3-9H2,1-2H3. The fourth-order valence-electron chi connectivity index (χ4n) is 1.82. The highest BCUT2D eigenvalue weighted by molar-refractivity contribution is 5.75. The first-order chi connectivity index (χ1) is 7.79. The third kappa shape index (κ3) is 4.08. The van der Waals surface area contributed by atoms with Gasteiger partial charge in [-0.25, -0.2) is 0 Å². The minimum atomic E-state index is -0.235. The van der Waals surface area contributed by atoms with Crippen molar-refractivity contribution in [2.45, 2.75) is 18.9 Å². The van der Waals surface area contributed by atoms with Crippen LogP contribution in [-0.2, 0) is 19.0 Å². The Morgan fingerprint density at radius 1 is 1.44 bits per heavy atom. The van der Waals surface area contributed by atoms with Gasteiger partial charge in [-0.3, -0.25) is 9.69 Å². The van der Waals surface area contributed by atoms with Crippen LogP contribution in [0.15, 0.2) is 0 Å². The molecule has 1 rings (SSSR count). The van der Waals surface area contributed by atoms with E-state index in [0.29, 0.717) is 13.2 Å². The molecule has 0 spiro atoms. The highest BCUT2D eigenvalue weighted by atomic mass is 16.5. The van der Waals surface area contributed by atoms with Gasteiger partial charge in [0.25, 0.3) is 0 Å². The third-order valence-corrected chi connectivity index (χ3v) is 2.76. The number of carbonyl (C=O) groups excluding carboxylic acids is 1. The van der Waals surface area contributed by atoms with Crippen molar-refractivity contribution in [2.75, 3.05) is 47.1 Å². The maximum absolute atomic E-state index is 11.5. The first-order valence-electron chi connectivity index (χ1n) is 5.68. The van der Waals surface area contributed by atoms with Crippen LogP contribution in [0.3, 0.4) is 0 Å². The summed E-state index contributed by atoms with van der Waals surface area (Å²) in [6.07, 6.45) is 2.04. The zero-order valence-electron chi connectivity index (χ0n) is 10.1. The molecular weight excluding hydrogens is 210 g/mol. The molecule has 1 fully saturated rings. The van der Waals surface area contributed by atoms with Gasteiger partial charge in [0.05, 0.1) is 20.3 Å². The molecule has 5 heteroatoms. The molecule has 1 heterocycles. The van der Waals surface area contributed by atoms with Gasteiger partial charge >= 0.3 is 5.97 Å². The predicted octanol–water partition coefficient (Wildman–Crippen LogP) is 0.287. The Labute approximate surface area is 96.6 Å². The molecule has 0 aromatic carbocycles. The molecule has 1 aliphatic heterocycles. The Balaban J connectivity index is 2.32. The Bertz CT molecular complexity index is 210. The minimum absolute atomic E-state index is 0.202. The molecule has 0 amide bonds. The Kier molecular flexibility index (Phi) is 6.37. The summed E-state index contributed by atoms with van der Waals surface area (Å²) < 4.78 is 15.0. The van der Waals surface area contributed by atoms with Crippen molar-refractivity contribution in [2.24, 2.45) is 0 Å². The van der Waals surface area contributed by atoms with Crippen LogP contribution in [0.2, 0.25) is 0 Å². The van der Waals surface area contributed by atoms with E-state index in [2.05, 4.69) is 4.90 Å². The molecule has 1 unspecified atom stereocenters. The maximum Gasteiger partial charge on any atom is 0.325 e. The predicted molar refractivity (Wildman–Crippen MR) is 59.3 cm³/mol. The lowest BCUT2D eigenvalue weighted by molar-refractivity contribution is -0.153. The lowest BCUT2D eigenvalue weighted by atomic mass is 10.2. The molecule has 0 aromatic rings. The fourth-order valence-corrected chi connectivity index (χ4v) is 1.82. The van der Waals surface area contributed by atoms with E-state index in [9.17, 15) is 4.79 Å². The number of hydrogen-bond donors (Lipinski definition) is 0. The van der Waals surface area contributed by atoms with Gasteiger partial charge in [-0.05, 0) is 19.4 Å². The lowest BCUT2D eigenvalue weighted by Gasteiger charge is -2.33. The van der Waals surface area contributed by atoms with Crippen molar-refractivity contribution in [3.63, 3.8) is 0 Å². The van der Waals surface area contributed by atoms with Gasteiger partial charge in [0.1, 0.15) is 6.04 Å². The van der Waals surface area contributed by atoms with Crippen LogP contribution < -0.4 is 0 Å². The summed E-state index contributed by atoms with van der Waals surface area (Å²) in [5, 5.41) is 0. The van der Waals surface area contributed by atoms with E-state index in [1.165, 1.54) is 7.11 Å². The molecule has 1 aliphatic rings. The van der Waals surface area contributed by atoms with Crippen LogP contribution in [0, 0.1) is 0 Å². The van der Waals surface area contributed by atoms with E-state index in [1.54, 1.807) is 7.11 Å². The first kappa shape index (κ1) is 13.4. The van der Waals surface area contributed by atoms with Crippen LogP contribution in [0.5, 0.6) is 0 Å². The number of carbonyl (C=O) groups is 1. The second-order valence-corrected chi connectivity index (χ2v) is 3.85. The second kappa shape index (κ2) is 7.60. The summed E-state index contributed by atoms with van der Waals surface area (Å²) in [5.41, 5.74) is 0. The van der Waals surface area contributed by atoms with Crippen molar-refractivity contribution in [3.05, 3.63) is 0 Å². The summed E-state index contributed by atoms with van der Waals surface area (Å²) in [5.74, 6) is -0.202. The van der Waals surface area contributed by atoms with E-state index >= 15 is 0 Å². The van der Waals surface area contributed by atoms with Crippen molar-refractivity contribution in [1.29, 1.82) is 0 Å². The molecule has 5 nitrogen and oxygen atoms in total. The van der Waals surface area contributed by atoms with Gasteiger partial charge in [-0.2, -0.15) is 0 Å². The van der Waals surface area contributed by atoms with Crippen LogP contribution in [0.4, 0.5) is 0 Å². The van der Waals surface area contributed by atoms with E-state index in [1.807, 2.05) is 0 Å². The molecule has 16 heavy (non-hydrogen) atoms. The number of methoxy groups -OCH3 is 2. The zero-order chi connectivity index (χ0) is 11.8. The van der Waals surface area contributed by atoms with E-state index in [0.717, 1.165) is 32.5 Å². The molecular formula is C11H21NO4. The van der Waals surface area contributed by atoms with Gasteiger partial charge in [-0.15, -0.1) is 0 Å². The number of ether oxygens (including phenoxy) is 3. The zero-order valence-corrected chi connectivity index (χ0v) is 10.1. The number of unbranched alkanes of at least 4 members (excludes halogenated alkanes) is 1. The van der Waals surface area contributed by atoms with E-state index in [-0.39, 0.29) is 12.0 Å². The van der Waals surface area contributed by atoms with Crippen LogP contribution in [-0.4, -0.2) is 64.0 Å². The average molecular weight is 231 g/mol. The largest absolute Gasteiger partial charge is 0.468 e. The van der Waals surface area contributed by atoms with Crippen LogP contribution >= 0.6 is 0 Å². The van der Waals surface area contributed by atoms with Gasteiger partial charge in [0.15, 0.2) is 0 Å². The van der Waals surface area contributed by atoms with Crippen molar-refractivity contribution in [1.82, 2.24) is 4.90 Å². The molecule has 0 saturated carbocycles. The fraction of sp³-hybridized carbons (Fsp3) is 0.909. The molecule has 0 N–H and O–H groups in total.